The summed E-state index contributed by atoms with van der Waals surface area (Å²) in [6.45, 7) is 6.57. The van der Waals surface area contributed by atoms with Gasteiger partial charge in [-0.3, -0.25) is 4.79 Å². The minimum Gasteiger partial charge on any atom is -0.496 e. The van der Waals surface area contributed by atoms with E-state index in [0.29, 0.717) is 11.3 Å². The summed E-state index contributed by atoms with van der Waals surface area (Å²) in [6, 6.07) is 7.07. The minimum absolute atomic E-state index is 0.0588. The molecule has 0 saturated heterocycles. The van der Waals surface area contributed by atoms with E-state index in [2.05, 4.69) is 26.0 Å². The van der Waals surface area contributed by atoms with Crippen molar-refractivity contribution in [2.45, 2.75) is 59.3 Å². The summed E-state index contributed by atoms with van der Waals surface area (Å²) >= 11 is 0. The lowest BCUT2D eigenvalue weighted by molar-refractivity contribution is -0.111. The minimum atomic E-state index is -0.389. The second kappa shape index (κ2) is 11.5. The van der Waals surface area contributed by atoms with Gasteiger partial charge in [0.05, 0.1) is 7.11 Å². The maximum atomic E-state index is 12.6. The Balaban J connectivity index is 2.22. The molecule has 1 aliphatic carbocycles. The molecular weight excluding hydrogens is 376 g/mol. The Bertz CT molecular complexity index is 825. The van der Waals surface area contributed by atoms with Crippen LogP contribution in [0.5, 0.6) is 5.75 Å². The van der Waals surface area contributed by atoms with Crippen LogP contribution in [-0.2, 0) is 9.53 Å². The summed E-state index contributed by atoms with van der Waals surface area (Å²) in [6.07, 6.45) is 13.0. The molecule has 30 heavy (non-hydrogen) atoms. The zero-order valence-electron chi connectivity index (χ0n) is 18.7. The SMILES string of the molecule is CC/C1=C/CC/C(COC(=O)c2ccccc2OC)=C\CC(CC)(CC)/C=C\C1=O. The molecule has 162 valence electrons. The molecule has 1 aromatic rings. The molecule has 0 heterocycles. The van der Waals surface area contributed by atoms with E-state index in [1.807, 2.05) is 19.1 Å². The van der Waals surface area contributed by atoms with Crippen LogP contribution in [0.2, 0.25) is 0 Å². The van der Waals surface area contributed by atoms with E-state index in [4.69, 9.17) is 9.47 Å². The molecule has 1 aliphatic rings. The van der Waals surface area contributed by atoms with Gasteiger partial charge in [-0.15, -0.1) is 0 Å². The van der Waals surface area contributed by atoms with Gasteiger partial charge in [-0.2, -0.15) is 0 Å². The molecule has 0 aromatic heterocycles. The van der Waals surface area contributed by atoms with Gasteiger partial charge in [0.25, 0.3) is 0 Å². The van der Waals surface area contributed by atoms with Gasteiger partial charge in [0.15, 0.2) is 5.78 Å². The lowest BCUT2D eigenvalue weighted by Gasteiger charge is -2.27. The molecule has 0 spiro atoms. The Hall–Kier alpha value is -2.62. The lowest BCUT2D eigenvalue weighted by Crippen LogP contribution is -2.16. The van der Waals surface area contributed by atoms with Crippen molar-refractivity contribution in [3.05, 3.63) is 65.3 Å². The van der Waals surface area contributed by atoms with Gasteiger partial charge in [0.2, 0.25) is 0 Å². The first-order valence-corrected chi connectivity index (χ1v) is 10.9. The topological polar surface area (TPSA) is 52.6 Å². The number of carbonyl (C=O) groups excluding carboxylic acids is 2. The van der Waals surface area contributed by atoms with E-state index in [0.717, 1.165) is 49.7 Å². The van der Waals surface area contributed by atoms with Gasteiger partial charge in [0.1, 0.15) is 17.9 Å². The van der Waals surface area contributed by atoms with Crippen molar-refractivity contribution in [3.63, 3.8) is 0 Å². The summed E-state index contributed by atoms with van der Waals surface area (Å²) in [5, 5.41) is 0. The van der Waals surface area contributed by atoms with Crippen LogP contribution < -0.4 is 4.74 Å². The Morgan fingerprint density at radius 1 is 1.10 bits per heavy atom. The van der Waals surface area contributed by atoms with E-state index in [1.165, 1.54) is 0 Å². The van der Waals surface area contributed by atoms with E-state index in [-0.39, 0.29) is 23.8 Å². The molecule has 0 fully saturated rings. The third kappa shape index (κ3) is 6.19. The average molecular weight is 411 g/mol. The highest BCUT2D eigenvalue weighted by Crippen LogP contribution is 2.34. The monoisotopic (exact) mass is 410 g/mol. The Morgan fingerprint density at radius 2 is 1.83 bits per heavy atom. The average Bonchev–Trinajstić information content (AvgIpc) is 2.81. The van der Waals surface area contributed by atoms with Gasteiger partial charge in [-0.25, -0.2) is 4.79 Å². The van der Waals surface area contributed by atoms with Crippen molar-refractivity contribution in [2.24, 2.45) is 5.41 Å². The van der Waals surface area contributed by atoms with Crippen molar-refractivity contribution in [3.8, 4) is 5.75 Å². The van der Waals surface area contributed by atoms with Crippen LogP contribution in [0.25, 0.3) is 0 Å². The Kier molecular flexibility index (Phi) is 9.10. The second-order valence-electron chi connectivity index (χ2n) is 7.73. The number of esters is 1. The number of ether oxygens (including phenoxy) is 2. The molecule has 2 rings (SSSR count). The van der Waals surface area contributed by atoms with Crippen LogP contribution >= 0.6 is 0 Å². The smallest absolute Gasteiger partial charge is 0.342 e. The highest BCUT2D eigenvalue weighted by molar-refractivity contribution is 6.03. The number of para-hydroxylation sites is 1. The third-order valence-electron chi connectivity index (χ3n) is 6.06. The highest BCUT2D eigenvalue weighted by atomic mass is 16.5. The van der Waals surface area contributed by atoms with Crippen molar-refractivity contribution < 1.29 is 19.1 Å². The molecule has 0 amide bonds. The largest absolute Gasteiger partial charge is 0.496 e. The molecular formula is C26H34O4. The number of ketones is 1. The molecule has 0 saturated carbocycles. The molecule has 0 N–H and O–H groups in total. The third-order valence-corrected chi connectivity index (χ3v) is 6.06. The van der Waals surface area contributed by atoms with Gasteiger partial charge in [0, 0.05) is 0 Å². The number of carbonyl (C=O) groups is 2. The molecule has 4 nitrogen and oxygen atoms in total. The van der Waals surface area contributed by atoms with E-state index in [1.54, 1.807) is 31.4 Å². The van der Waals surface area contributed by atoms with E-state index in [9.17, 15) is 9.59 Å². The number of rotatable bonds is 7. The molecule has 0 aliphatic heterocycles. The fourth-order valence-corrected chi connectivity index (χ4v) is 3.68. The second-order valence-corrected chi connectivity index (χ2v) is 7.73. The molecule has 0 radical (unpaired) electrons. The first kappa shape index (κ1) is 23.7. The number of benzene rings is 1. The molecule has 0 unspecified atom stereocenters. The lowest BCUT2D eigenvalue weighted by atomic mass is 9.78. The van der Waals surface area contributed by atoms with Crippen LogP contribution in [-0.4, -0.2) is 25.5 Å². The fourth-order valence-electron chi connectivity index (χ4n) is 3.68. The predicted molar refractivity (Wildman–Crippen MR) is 121 cm³/mol. The summed E-state index contributed by atoms with van der Waals surface area (Å²) < 4.78 is 10.9. The van der Waals surface area contributed by atoms with E-state index < -0.39 is 0 Å². The Labute approximate surface area is 180 Å². The fraction of sp³-hybridized carbons (Fsp3) is 0.462. The number of allylic oxidation sites excluding steroid dienone is 5. The Morgan fingerprint density at radius 3 is 2.50 bits per heavy atom. The van der Waals surface area contributed by atoms with Crippen LogP contribution in [0.15, 0.2) is 59.7 Å². The van der Waals surface area contributed by atoms with Crippen molar-refractivity contribution in [2.75, 3.05) is 13.7 Å². The van der Waals surface area contributed by atoms with Gasteiger partial charge < -0.3 is 9.47 Å². The molecule has 0 bridgehead atoms. The molecule has 0 atom stereocenters. The zero-order chi connectivity index (χ0) is 22.0. The summed E-state index contributed by atoms with van der Waals surface area (Å²) in [5.41, 5.74) is 2.30. The summed E-state index contributed by atoms with van der Waals surface area (Å²) in [4.78, 5) is 25.1. The van der Waals surface area contributed by atoms with Gasteiger partial charge >= 0.3 is 5.97 Å². The highest BCUT2D eigenvalue weighted by Gasteiger charge is 2.23. The summed E-state index contributed by atoms with van der Waals surface area (Å²) in [5.74, 6) is 0.226. The van der Waals surface area contributed by atoms with Gasteiger partial charge in [-0.05, 0) is 73.3 Å². The van der Waals surface area contributed by atoms with Crippen LogP contribution in [0.1, 0.15) is 69.7 Å². The van der Waals surface area contributed by atoms with Crippen molar-refractivity contribution in [1.82, 2.24) is 0 Å². The van der Waals surface area contributed by atoms with E-state index >= 15 is 0 Å². The standard InChI is InChI=1S/C26H34O4/c1-5-21-12-10-11-20(15-17-26(6-2,7-3)18-16-23(21)27)19-30-25(28)22-13-8-9-14-24(22)29-4/h8-9,12-16,18H,5-7,10-11,17,19H2,1-4H3/b18-16-,20-15+,21-12-. The number of methoxy groups -OCH3 is 1. The van der Waals surface area contributed by atoms with Crippen LogP contribution in [0.3, 0.4) is 0 Å². The van der Waals surface area contributed by atoms with Gasteiger partial charge in [-0.1, -0.05) is 51.1 Å². The predicted octanol–water partition coefficient (Wildman–Crippen LogP) is 6.23. The zero-order valence-corrected chi connectivity index (χ0v) is 18.7. The van der Waals surface area contributed by atoms with Crippen molar-refractivity contribution in [1.29, 1.82) is 0 Å². The van der Waals surface area contributed by atoms with Crippen LogP contribution in [0.4, 0.5) is 0 Å². The maximum absolute atomic E-state index is 12.6. The molecule has 4 heteroatoms. The molecule has 1 aromatic carbocycles. The number of hydrogen-bond acceptors (Lipinski definition) is 4. The first-order valence-electron chi connectivity index (χ1n) is 10.9. The number of hydrogen-bond donors (Lipinski definition) is 0. The van der Waals surface area contributed by atoms with Crippen molar-refractivity contribution >= 4 is 11.8 Å². The maximum Gasteiger partial charge on any atom is 0.342 e. The first-order chi connectivity index (χ1) is 14.5. The summed E-state index contributed by atoms with van der Waals surface area (Å²) in [7, 11) is 1.54. The quantitative estimate of drug-likeness (QED) is 0.395. The van der Waals surface area contributed by atoms with Crippen LogP contribution in [0, 0.1) is 5.41 Å². The normalized spacial score (nSPS) is 21.4.